The van der Waals surface area contributed by atoms with Crippen LogP contribution < -0.4 is 5.32 Å². The van der Waals surface area contributed by atoms with Crippen molar-refractivity contribution in [2.45, 2.75) is 52.0 Å². The van der Waals surface area contributed by atoms with Gasteiger partial charge in [0.05, 0.1) is 0 Å². The predicted octanol–water partition coefficient (Wildman–Crippen LogP) is 2.75. The van der Waals surface area contributed by atoms with Crippen molar-refractivity contribution >= 4 is 17.7 Å². The van der Waals surface area contributed by atoms with Gasteiger partial charge in [0.2, 0.25) is 0 Å². The molecule has 0 saturated carbocycles. The highest BCUT2D eigenvalue weighted by Crippen LogP contribution is 2.19. The maximum atomic E-state index is 11.3. The average Bonchev–Trinajstić information content (AvgIpc) is 2.27. The highest BCUT2D eigenvalue weighted by Gasteiger charge is 2.34. The van der Waals surface area contributed by atoms with Crippen molar-refractivity contribution in [1.82, 2.24) is 5.32 Å². The standard InChI is InChI=1S/C12H25NO2S/c1-4-9-16-10-7-8-12(5-2,11(14)15)13-6-3/h13H,4-10H2,1-3H3,(H,14,15). The number of rotatable bonds is 10. The lowest BCUT2D eigenvalue weighted by molar-refractivity contribution is -0.145. The molecule has 4 heteroatoms. The molecule has 0 amide bonds. The first-order valence-electron chi connectivity index (χ1n) is 6.19. The molecule has 1 unspecified atom stereocenters. The van der Waals surface area contributed by atoms with Gasteiger partial charge in [0, 0.05) is 0 Å². The van der Waals surface area contributed by atoms with Crippen molar-refractivity contribution < 1.29 is 9.90 Å². The molecule has 2 N–H and O–H groups in total. The molecule has 96 valence electrons. The number of carboxylic acids is 1. The smallest absolute Gasteiger partial charge is 0.323 e. The SMILES string of the molecule is CCCSCCCC(CC)(NCC)C(=O)O. The van der Waals surface area contributed by atoms with Crippen molar-refractivity contribution in [3.05, 3.63) is 0 Å². The Hall–Kier alpha value is -0.220. The number of carboxylic acid groups (broad SMARTS) is 1. The minimum Gasteiger partial charge on any atom is -0.480 e. The molecule has 3 nitrogen and oxygen atoms in total. The Kier molecular flexibility index (Phi) is 8.76. The minimum absolute atomic E-state index is 0.647. The summed E-state index contributed by atoms with van der Waals surface area (Å²) in [5, 5.41) is 12.4. The molecule has 0 aliphatic heterocycles. The highest BCUT2D eigenvalue weighted by molar-refractivity contribution is 7.99. The van der Waals surface area contributed by atoms with Crippen LogP contribution in [0.15, 0.2) is 0 Å². The lowest BCUT2D eigenvalue weighted by atomic mass is 9.91. The number of hydrogen-bond acceptors (Lipinski definition) is 3. The van der Waals surface area contributed by atoms with Gasteiger partial charge >= 0.3 is 5.97 Å². The van der Waals surface area contributed by atoms with Crippen molar-refractivity contribution in [2.75, 3.05) is 18.1 Å². The van der Waals surface area contributed by atoms with Gasteiger partial charge in [-0.05, 0) is 43.7 Å². The van der Waals surface area contributed by atoms with Crippen molar-refractivity contribution in [3.8, 4) is 0 Å². The maximum absolute atomic E-state index is 11.3. The fourth-order valence-electron chi connectivity index (χ4n) is 1.78. The molecule has 0 aromatic rings. The number of aliphatic carboxylic acids is 1. The Morgan fingerprint density at radius 2 is 2.00 bits per heavy atom. The molecule has 1 atom stereocenters. The van der Waals surface area contributed by atoms with Crippen LogP contribution in [-0.2, 0) is 4.79 Å². The highest BCUT2D eigenvalue weighted by atomic mass is 32.2. The van der Waals surface area contributed by atoms with E-state index in [0.717, 1.165) is 18.6 Å². The monoisotopic (exact) mass is 247 g/mol. The summed E-state index contributed by atoms with van der Waals surface area (Å²) in [4.78, 5) is 11.3. The van der Waals surface area contributed by atoms with Gasteiger partial charge in [0.25, 0.3) is 0 Å². The Morgan fingerprint density at radius 1 is 1.31 bits per heavy atom. The molecule has 0 heterocycles. The predicted molar refractivity (Wildman–Crippen MR) is 71.2 cm³/mol. The van der Waals surface area contributed by atoms with Gasteiger partial charge in [-0.2, -0.15) is 11.8 Å². The van der Waals surface area contributed by atoms with Gasteiger partial charge in [0.1, 0.15) is 5.54 Å². The molecule has 0 aromatic heterocycles. The van der Waals surface area contributed by atoms with Crippen LogP contribution in [0.1, 0.15) is 46.5 Å². The van der Waals surface area contributed by atoms with Crippen molar-refractivity contribution in [2.24, 2.45) is 0 Å². The largest absolute Gasteiger partial charge is 0.480 e. The fourth-order valence-corrected chi connectivity index (χ4v) is 2.63. The molecular formula is C12H25NO2S. The lowest BCUT2D eigenvalue weighted by Gasteiger charge is -2.29. The van der Waals surface area contributed by atoms with Crippen LogP contribution >= 0.6 is 11.8 Å². The molecule has 0 aromatic carbocycles. The first kappa shape index (κ1) is 15.8. The number of nitrogens with one attached hydrogen (secondary N) is 1. The van der Waals surface area contributed by atoms with Gasteiger partial charge < -0.3 is 10.4 Å². The summed E-state index contributed by atoms with van der Waals surface area (Å²) in [6, 6.07) is 0. The average molecular weight is 247 g/mol. The Bertz CT molecular complexity index is 199. The lowest BCUT2D eigenvalue weighted by Crippen LogP contribution is -2.51. The summed E-state index contributed by atoms with van der Waals surface area (Å²) in [5.41, 5.74) is -0.707. The maximum Gasteiger partial charge on any atom is 0.323 e. The molecule has 0 spiro atoms. The first-order chi connectivity index (χ1) is 7.63. The summed E-state index contributed by atoms with van der Waals surface area (Å²) in [7, 11) is 0. The molecule has 0 radical (unpaired) electrons. The van der Waals surface area contributed by atoms with E-state index in [4.69, 9.17) is 0 Å². The van der Waals surface area contributed by atoms with Crippen LogP contribution in [0.4, 0.5) is 0 Å². The van der Waals surface area contributed by atoms with Crippen LogP contribution in [0.2, 0.25) is 0 Å². The number of hydrogen-bond donors (Lipinski definition) is 2. The van der Waals surface area contributed by atoms with Crippen LogP contribution in [-0.4, -0.2) is 34.7 Å². The third kappa shape index (κ3) is 5.21. The Balaban J connectivity index is 4.05. The zero-order valence-electron chi connectivity index (χ0n) is 10.7. The van der Waals surface area contributed by atoms with Crippen LogP contribution in [0.25, 0.3) is 0 Å². The summed E-state index contributed by atoms with van der Waals surface area (Å²) < 4.78 is 0. The molecule has 0 saturated heterocycles. The number of likely N-dealkylation sites (N-methyl/N-ethyl adjacent to an activating group) is 1. The van der Waals surface area contributed by atoms with E-state index < -0.39 is 11.5 Å². The van der Waals surface area contributed by atoms with Gasteiger partial charge in [0.15, 0.2) is 0 Å². The molecular weight excluding hydrogens is 222 g/mol. The molecule has 0 bridgehead atoms. The molecule has 0 rings (SSSR count). The number of carbonyl (C=O) groups is 1. The van der Waals surface area contributed by atoms with Gasteiger partial charge in [-0.25, -0.2) is 0 Å². The van der Waals surface area contributed by atoms with E-state index in [1.807, 2.05) is 25.6 Å². The van der Waals surface area contributed by atoms with Gasteiger partial charge in [-0.15, -0.1) is 0 Å². The summed E-state index contributed by atoms with van der Waals surface area (Å²) in [6.45, 7) is 6.77. The van der Waals surface area contributed by atoms with E-state index in [1.54, 1.807) is 0 Å². The third-order valence-corrected chi connectivity index (χ3v) is 4.04. The summed E-state index contributed by atoms with van der Waals surface area (Å²) in [6.07, 6.45) is 3.53. The second-order valence-corrected chi connectivity index (χ2v) is 5.21. The molecule has 0 aliphatic carbocycles. The van der Waals surface area contributed by atoms with Gasteiger partial charge in [-0.1, -0.05) is 20.8 Å². The molecule has 16 heavy (non-hydrogen) atoms. The van der Waals surface area contributed by atoms with E-state index in [1.165, 1.54) is 12.2 Å². The first-order valence-corrected chi connectivity index (χ1v) is 7.34. The normalized spacial score (nSPS) is 14.7. The Morgan fingerprint density at radius 3 is 2.44 bits per heavy atom. The van der Waals surface area contributed by atoms with Crippen LogP contribution in [0.3, 0.4) is 0 Å². The molecule has 0 fully saturated rings. The topological polar surface area (TPSA) is 49.3 Å². The third-order valence-electron chi connectivity index (χ3n) is 2.77. The zero-order valence-corrected chi connectivity index (χ0v) is 11.5. The van der Waals surface area contributed by atoms with Crippen LogP contribution in [0.5, 0.6) is 0 Å². The fraction of sp³-hybridized carbons (Fsp3) is 0.917. The van der Waals surface area contributed by atoms with E-state index >= 15 is 0 Å². The van der Waals surface area contributed by atoms with E-state index in [0.29, 0.717) is 13.0 Å². The second kappa shape index (κ2) is 8.88. The van der Waals surface area contributed by atoms with Crippen molar-refractivity contribution in [3.63, 3.8) is 0 Å². The molecule has 0 aliphatic rings. The van der Waals surface area contributed by atoms with E-state index in [9.17, 15) is 9.90 Å². The van der Waals surface area contributed by atoms with Crippen molar-refractivity contribution in [1.29, 1.82) is 0 Å². The summed E-state index contributed by atoms with van der Waals surface area (Å²) >= 11 is 1.91. The minimum atomic E-state index is -0.711. The van der Waals surface area contributed by atoms with E-state index in [2.05, 4.69) is 12.2 Å². The van der Waals surface area contributed by atoms with E-state index in [-0.39, 0.29) is 0 Å². The Labute approximate surface area is 103 Å². The van der Waals surface area contributed by atoms with Crippen LogP contribution in [0, 0.1) is 0 Å². The zero-order chi connectivity index (χ0) is 12.4. The van der Waals surface area contributed by atoms with Gasteiger partial charge in [-0.3, -0.25) is 4.79 Å². The quantitative estimate of drug-likeness (QED) is 0.583. The number of thioether (sulfide) groups is 1. The summed E-state index contributed by atoms with van der Waals surface area (Å²) in [5.74, 6) is 1.53. The second-order valence-electron chi connectivity index (χ2n) is 3.99.